The second kappa shape index (κ2) is 13.2. The molecule has 0 atom stereocenters. The third kappa shape index (κ3) is 5.42. The Labute approximate surface area is 325 Å². The van der Waals surface area contributed by atoms with Gasteiger partial charge in [0.25, 0.3) is 0 Å². The molecule has 0 amide bonds. The monoisotopic (exact) mass is 713 g/mol. The third-order valence-corrected chi connectivity index (χ3v) is 11.2. The molecule has 1 heterocycles. The topological polar surface area (TPSA) is 16.4 Å². The molecule has 0 aliphatic carbocycles. The van der Waals surface area contributed by atoms with Crippen molar-refractivity contribution in [2.24, 2.45) is 0 Å². The lowest BCUT2D eigenvalue weighted by Crippen LogP contribution is -2.10. The van der Waals surface area contributed by atoms with E-state index in [0.717, 1.165) is 55.5 Å². The zero-order valence-electron chi connectivity index (χ0n) is 30.6. The molecule has 0 fully saturated rings. The predicted molar refractivity (Wildman–Crippen MR) is 237 cm³/mol. The van der Waals surface area contributed by atoms with Crippen molar-refractivity contribution in [2.75, 3.05) is 4.90 Å². The summed E-state index contributed by atoms with van der Waals surface area (Å²) in [6.45, 7) is 0. The first-order valence-electron chi connectivity index (χ1n) is 19.2. The molecule has 2 nitrogen and oxygen atoms in total. The Balaban J connectivity index is 1.07. The molecule has 11 aromatic rings. The summed E-state index contributed by atoms with van der Waals surface area (Å²) in [4.78, 5) is 2.38. The number of hydrogen-bond acceptors (Lipinski definition) is 2. The Morgan fingerprint density at radius 2 is 0.875 bits per heavy atom. The lowest BCUT2D eigenvalue weighted by Gasteiger charge is -2.27. The van der Waals surface area contributed by atoms with Crippen LogP contribution < -0.4 is 4.90 Å². The van der Waals surface area contributed by atoms with E-state index in [4.69, 9.17) is 4.42 Å². The van der Waals surface area contributed by atoms with Crippen LogP contribution in [0, 0.1) is 0 Å². The van der Waals surface area contributed by atoms with Crippen molar-refractivity contribution >= 4 is 71.3 Å². The highest BCUT2D eigenvalue weighted by atomic mass is 16.3. The molecule has 0 unspecified atom stereocenters. The van der Waals surface area contributed by atoms with Crippen LogP contribution in [0.3, 0.4) is 0 Å². The van der Waals surface area contributed by atoms with E-state index in [0.29, 0.717) is 0 Å². The molecule has 0 bridgehead atoms. The summed E-state index contributed by atoms with van der Waals surface area (Å²) >= 11 is 0. The second-order valence-corrected chi connectivity index (χ2v) is 14.5. The second-order valence-electron chi connectivity index (χ2n) is 14.5. The van der Waals surface area contributed by atoms with E-state index in [1.165, 1.54) is 49.2 Å². The molecule has 2 heteroatoms. The molecule has 0 saturated carbocycles. The molecule has 1 aromatic heterocycles. The average molecular weight is 714 g/mol. The molecule has 0 spiro atoms. The summed E-state index contributed by atoms with van der Waals surface area (Å²) in [7, 11) is 0. The molecular weight excluding hydrogens is 679 g/mol. The van der Waals surface area contributed by atoms with Crippen molar-refractivity contribution in [1.29, 1.82) is 0 Å². The molecule has 0 aliphatic heterocycles. The zero-order valence-corrected chi connectivity index (χ0v) is 30.6. The highest BCUT2D eigenvalue weighted by Crippen LogP contribution is 2.43. The molecule has 56 heavy (non-hydrogen) atoms. The highest BCUT2D eigenvalue weighted by molar-refractivity contribution is 6.19. The first-order chi connectivity index (χ1) is 27.7. The van der Waals surface area contributed by atoms with Crippen molar-refractivity contribution in [2.45, 2.75) is 0 Å². The molecule has 0 radical (unpaired) electrons. The fourth-order valence-electron chi connectivity index (χ4n) is 8.52. The van der Waals surface area contributed by atoms with Crippen molar-refractivity contribution in [1.82, 2.24) is 0 Å². The number of furan rings is 1. The number of rotatable bonds is 6. The van der Waals surface area contributed by atoms with Gasteiger partial charge in [-0.05, 0) is 115 Å². The largest absolute Gasteiger partial charge is 0.455 e. The first kappa shape index (κ1) is 32.0. The number of hydrogen-bond donors (Lipinski definition) is 0. The molecular formula is C54H35NO. The predicted octanol–water partition coefficient (Wildman–Crippen LogP) is 15.5. The molecule has 10 aromatic carbocycles. The summed E-state index contributed by atoms with van der Waals surface area (Å²) in [5.41, 5.74) is 12.1. The normalized spacial score (nSPS) is 11.6. The summed E-state index contributed by atoms with van der Waals surface area (Å²) < 4.78 is 6.59. The number of fused-ring (bicyclic) bond motifs is 7. The Bertz CT molecular complexity index is 3260. The van der Waals surface area contributed by atoms with Crippen LogP contribution in [0.15, 0.2) is 217 Å². The number of anilines is 3. The standard InChI is InChI=1S/C54H35NO/c1-2-14-40-33-41(26-25-36(40)11-1)37-27-30-44(31-28-37)55(45-18-7-16-42(34-45)48-22-9-15-38-12-3-5-20-47(38)48)46-19-8-17-43(35-46)49-23-10-24-52-53(49)51-32-29-39-13-4-6-21-50(39)54(51)56-52/h1-35H. The van der Waals surface area contributed by atoms with Gasteiger partial charge in [0, 0.05) is 33.2 Å². The minimum absolute atomic E-state index is 0.892. The van der Waals surface area contributed by atoms with Gasteiger partial charge < -0.3 is 9.32 Å². The maximum Gasteiger partial charge on any atom is 0.143 e. The van der Waals surface area contributed by atoms with Crippen LogP contribution in [0.4, 0.5) is 17.1 Å². The van der Waals surface area contributed by atoms with Crippen LogP contribution in [0.25, 0.3) is 87.6 Å². The van der Waals surface area contributed by atoms with Crippen molar-refractivity contribution < 1.29 is 4.42 Å². The Hall–Kier alpha value is -7.42. The Morgan fingerprint density at radius 1 is 0.304 bits per heavy atom. The van der Waals surface area contributed by atoms with E-state index in [1.807, 2.05) is 0 Å². The van der Waals surface area contributed by atoms with E-state index < -0.39 is 0 Å². The fourth-order valence-corrected chi connectivity index (χ4v) is 8.52. The molecule has 0 saturated heterocycles. The van der Waals surface area contributed by atoms with Gasteiger partial charge in [-0.3, -0.25) is 0 Å². The minimum Gasteiger partial charge on any atom is -0.455 e. The maximum absolute atomic E-state index is 6.59. The third-order valence-electron chi connectivity index (χ3n) is 11.2. The van der Waals surface area contributed by atoms with Crippen molar-refractivity contribution in [3.63, 3.8) is 0 Å². The lowest BCUT2D eigenvalue weighted by atomic mass is 9.96. The van der Waals surface area contributed by atoms with Gasteiger partial charge in [-0.15, -0.1) is 0 Å². The van der Waals surface area contributed by atoms with E-state index in [-0.39, 0.29) is 0 Å². The molecule has 11 rings (SSSR count). The van der Waals surface area contributed by atoms with Gasteiger partial charge in [-0.2, -0.15) is 0 Å². The van der Waals surface area contributed by atoms with Gasteiger partial charge in [0.15, 0.2) is 0 Å². The first-order valence-corrected chi connectivity index (χ1v) is 19.2. The molecule has 262 valence electrons. The fraction of sp³-hybridized carbons (Fsp3) is 0. The SMILES string of the molecule is c1cc(-c2cccc3ccccc23)cc(N(c2ccc(-c3ccc4ccccc4c3)cc2)c2cccc(-c3cccc4oc5c6ccccc6ccc5c34)c2)c1. The van der Waals surface area contributed by atoms with Crippen LogP contribution in [-0.2, 0) is 0 Å². The smallest absolute Gasteiger partial charge is 0.143 e. The van der Waals surface area contributed by atoms with Crippen LogP contribution in [-0.4, -0.2) is 0 Å². The van der Waals surface area contributed by atoms with Crippen LogP contribution in [0.2, 0.25) is 0 Å². The van der Waals surface area contributed by atoms with Crippen LogP contribution in [0.5, 0.6) is 0 Å². The van der Waals surface area contributed by atoms with Gasteiger partial charge in [-0.1, -0.05) is 158 Å². The van der Waals surface area contributed by atoms with Crippen LogP contribution >= 0.6 is 0 Å². The molecule has 0 N–H and O–H groups in total. The van der Waals surface area contributed by atoms with E-state index in [1.54, 1.807) is 0 Å². The van der Waals surface area contributed by atoms with E-state index >= 15 is 0 Å². The summed E-state index contributed by atoms with van der Waals surface area (Å²) in [5, 5.41) is 9.54. The van der Waals surface area contributed by atoms with Crippen molar-refractivity contribution in [3.8, 4) is 33.4 Å². The summed E-state index contributed by atoms with van der Waals surface area (Å²) in [6, 6.07) is 76.5. The Morgan fingerprint density at radius 3 is 1.66 bits per heavy atom. The Kier molecular flexibility index (Phi) is 7.53. The van der Waals surface area contributed by atoms with Gasteiger partial charge in [0.2, 0.25) is 0 Å². The minimum atomic E-state index is 0.892. The van der Waals surface area contributed by atoms with Crippen LogP contribution in [0.1, 0.15) is 0 Å². The number of nitrogens with zero attached hydrogens (tertiary/aromatic N) is 1. The van der Waals surface area contributed by atoms with E-state index in [2.05, 4.69) is 217 Å². The quantitative estimate of drug-likeness (QED) is 0.171. The van der Waals surface area contributed by atoms with Gasteiger partial charge in [0.1, 0.15) is 11.2 Å². The zero-order chi connectivity index (χ0) is 37.0. The van der Waals surface area contributed by atoms with Gasteiger partial charge >= 0.3 is 0 Å². The molecule has 0 aliphatic rings. The highest BCUT2D eigenvalue weighted by Gasteiger charge is 2.18. The van der Waals surface area contributed by atoms with Gasteiger partial charge in [0.05, 0.1) is 0 Å². The lowest BCUT2D eigenvalue weighted by molar-refractivity contribution is 0.673. The maximum atomic E-state index is 6.59. The number of benzene rings is 10. The van der Waals surface area contributed by atoms with Gasteiger partial charge in [-0.25, -0.2) is 0 Å². The summed E-state index contributed by atoms with van der Waals surface area (Å²) in [5.74, 6) is 0. The summed E-state index contributed by atoms with van der Waals surface area (Å²) in [6.07, 6.45) is 0. The average Bonchev–Trinajstić information content (AvgIpc) is 3.66. The van der Waals surface area contributed by atoms with E-state index in [9.17, 15) is 0 Å². The van der Waals surface area contributed by atoms with Crippen molar-refractivity contribution in [3.05, 3.63) is 212 Å².